The molecule has 0 radical (unpaired) electrons. The van der Waals surface area contributed by atoms with Crippen LogP contribution < -0.4 is 0 Å². The van der Waals surface area contributed by atoms with Crippen LogP contribution in [0.4, 0.5) is 0 Å². The van der Waals surface area contributed by atoms with Gasteiger partial charge in [-0.3, -0.25) is 9.78 Å². The predicted octanol–water partition coefficient (Wildman–Crippen LogP) is 0.319. The Morgan fingerprint density at radius 2 is 2.27 bits per heavy atom. The van der Waals surface area contributed by atoms with Gasteiger partial charge in [-0.1, -0.05) is 5.21 Å². The molecular weight excluding hydrogens is 194 g/mol. The molecule has 0 aliphatic carbocycles. The van der Waals surface area contributed by atoms with Crippen LogP contribution in [-0.2, 0) is 6.54 Å². The molecule has 0 bridgehead atoms. The fraction of sp³-hybridized carbons (Fsp3) is 0.222. The van der Waals surface area contributed by atoms with Crippen LogP contribution in [0.25, 0.3) is 0 Å². The number of ketones is 1. The monoisotopic (exact) mass is 203 g/mol. The molecule has 0 atom stereocenters. The molecule has 2 aromatic rings. The van der Waals surface area contributed by atoms with E-state index in [-0.39, 0.29) is 5.78 Å². The first kappa shape index (κ1) is 9.45. The summed E-state index contributed by atoms with van der Waals surface area (Å²) in [5.41, 5.74) is 0.729. The summed E-state index contributed by atoms with van der Waals surface area (Å²) in [5, 5.41) is 7.46. The smallest absolute Gasteiger partial charge is 0.232 e. The van der Waals surface area contributed by atoms with Crippen molar-refractivity contribution in [2.45, 2.75) is 13.5 Å². The zero-order chi connectivity index (χ0) is 10.7. The number of carbonyl (C=O) groups excluding carboxylic acids is 1. The van der Waals surface area contributed by atoms with E-state index in [0.29, 0.717) is 17.9 Å². The molecule has 0 aliphatic heterocycles. The Morgan fingerprint density at radius 3 is 2.93 bits per heavy atom. The van der Waals surface area contributed by atoms with Crippen LogP contribution in [0.5, 0.6) is 0 Å². The summed E-state index contributed by atoms with van der Waals surface area (Å²) >= 11 is 0. The summed E-state index contributed by atoms with van der Waals surface area (Å²) in [6.45, 7) is 2.49. The second-order valence-corrected chi connectivity index (χ2v) is 2.85. The number of hydrogen-bond acceptors (Lipinski definition) is 5. The van der Waals surface area contributed by atoms with Crippen molar-refractivity contribution in [3.8, 4) is 0 Å². The number of hydrogen-bond donors (Lipinski definition) is 0. The number of nitrogens with zero attached hydrogens (tertiary/aromatic N) is 5. The predicted molar refractivity (Wildman–Crippen MR) is 51.2 cm³/mol. The zero-order valence-corrected chi connectivity index (χ0v) is 8.16. The lowest BCUT2D eigenvalue weighted by molar-refractivity contribution is 0.102. The van der Waals surface area contributed by atoms with E-state index in [2.05, 4.69) is 20.3 Å². The van der Waals surface area contributed by atoms with Crippen molar-refractivity contribution in [3.05, 3.63) is 36.2 Å². The largest absolute Gasteiger partial charge is 0.285 e. The maximum absolute atomic E-state index is 11.9. The van der Waals surface area contributed by atoms with Crippen molar-refractivity contribution in [1.29, 1.82) is 0 Å². The highest BCUT2D eigenvalue weighted by atomic mass is 16.1. The van der Waals surface area contributed by atoms with E-state index in [1.54, 1.807) is 0 Å². The van der Waals surface area contributed by atoms with Gasteiger partial charge < -0.3 is 0 Å². The molecule has 0 spiro atoms. The number of rotatable bonds is 3. The van der Waals surface area contributed by atoms with Gasteiger partial charge in [0.05, 0.1) is 12.4 Å². The lowest BCUT2D eigenvalue weighted by atomic mass is 10.2. The first-order valence-electron chi connectivity index (χ1n) is 4.52. The molecule has 6 nitrogen and oxygen atoms in total. The molecular formula is C9H9N5O. The van der Waals surface area contributed by atoms with Crippen LogP contribution in [0, 0.1) is 0 Å². The van der Waals surface area contributed by atoms with E-state index in [9.17, 15) is 4.79 Å². The third-order valence-corrected chi connectivity index (χ3v) is 1.95. The van der Waals surface area contributed by atoms with Crippen molar-refractivity contribution in [2.75, 3.05) is 0 Å². The minimum absolute atomic E-state index is 0.213. The molecule has 0 unspecified atom stereocenters. The van der Waals surface area contributed by atoms with Gasteiger partial charge in [0.1, 0.15) is 11.4 Å². The van der Waals surface area contributed by atoms with Crippen molar-refractivity contribution in [1.82, 2.24) is 25.0 Å². The minimum Gasteiger partial charge on any atom is -0.285 e. The van der Waals surface area contributed by atoms with Crippen molar-refractivity contribution < 1.29 is 4.79 Å². The van der Waals surface area contributed by atoms with Gasteiger partial charge in [-0.25, -0.2) is 9.67 Å². The summed E-state index contributed by atoms with van der Waals surface area (Å²) < 4.78 is 1.52. The van der Waals surface area contributed by atoms with Gasteiger partial charge in [0, 0.05) is 18.9 Å². The average molecular weight is 203 g/mol. The lowest BCUT2D eigenvalue weighted by Crippen LogP contribution is -2.11. The Kier molecular flexibility index (Phi) is 2.49. The van der Waals surface area contributed by atoms with Crippen LogP contribution in [0.15, 0.2) is 24.8 Å². The molecule has 0 saturated heterocycles. The molecule has 2 rings (SSSR count). The summed E-state index contributed by atoms with van der Waals surface area (Å²) in [4.78, 5) is 19.7. The van der Waals surface area contributed by atoms with Gasteiger partial charge in [0.2, 0.25) is 5.78 Å². The second kappa shape index (κ2) is 3.95. The van der Waals surface area contributed by atoms with Crippen molar-refractivity contribution in [3.63, 3.8) is 0 Å². The number of aryl methyl sites for hydroxylation is 1. The standard InChI is InChI=1S/C9H9N5O/c1-2-14-8(6-12-13-14)9(15)7-5-10-3-4-11-7/h3-6H,2H2,1H3. The van der Waals surface area contributed by atoms with E-state index in [0.717, 1.165) is 0 Å². The van der Waals surface area contributed by atoms with Crippen LogP contribution >= 0.6 is 0 Å². The van der Waals surface area contributed by atoms with Gasteiger partial charge in [-0.05, 0) is 6.92 Å². The molecule has 2 heterocycles. The summed E-state index contributed by atoms with van der Waals surface area (Å²) in [6.07, 6.45) is 5.86. The summed E-state index contributed by atoms with van der Waals surface area (Å²) in [6, 6.07) is 0. The molecule has 6 heteroatoms. The number of carbonyl (C=O) groups is 1. The SMILES string of the molecule is CCn1nncc1C(=O)c1cnccn1. The molecule has 76 valence electrons. The molecule has 0 saturated carbocycles. The Balaban J connectivity index is 2.37. The Labute approximate surface area is 86.0 Å². The third kappa shape index (κ3) is 1.74. The van der Waals surface area contributed by atoms with Gasteiger partial charge in [0.25, 0.3) is 0 Å². The molecule has 15 heavy (non-hydrogen) atoms. The molecule has 0 fully saturated rings. The first-order valence-corrected chi connectivity index (χ1v) is 4.52. The highest BCUT2D eigenvalue weighted by molar-refractivity contribution is 6.06. The van der Waals surface area contributed by atoms with Gasteiger partial charge in [-0.15, -0.1) is 5.10 Å². The van der Waals surface area contributed by atoms with Crippen LogP contribution in [0.1, 0.15) is 23.1 Å². The topological polar surface area (TPSA) is 73.6 Å². The maximum atomic E-state index is 11.9. The molecule has 0 amide bonds. The highest BCUT2D eigenvalue weighted by Gasteiger charge is 2.15. The minimum atomic E-state index is -0.213. The maximum Gasteiger partial charge on any atom is 0.232 e. The molecule has 0 aliphatic rings. The van der Waals surface area contributed by atoms with Gasteiger partial charge in [-0.2, -0.15) is 0 Å². The summed E-state index contributed by atoms with van der Waals surface area (Å²) in [7, 11) is 0. The Morgan fingerprint density at radius 1 is 1.40 bits per heavy atom. The third-order valence-electron chi connectivity index (χ3n) is 1.95. The van der Waals surface area contributed by atoms with E-state index >= 15 is 0 Å². The average Bonchev–Trinajstić information content (AvgIpc) is 2.77. The Hall–Kier alpha value is -2.11. The molecule has 0 aromatic carbocycles. The quantitative estimate of drug-likeness (QED) is 0.671. The van der Waals surface area contributed by atoms with E-state index in [4.69, 9.17) is 0 Å². The van der Waals surface area contributed by atoms with Crippen LogP contribution in [0.3, 0.4) is 0 Å². The fourth-order valence-corrected chi connectivity index (χ4v) is 1.21. The van der Waals surface area contributed by atoms with Gasteiger partial charge in [0.15, 0.2) is 0 Å². The lowest BCUT2D eigenvalue weighted by Gasteiger charge is -2.00. The number of aromatic nitrogens is 5. The highest BCUT2D eigenvalue weighted by Crippen LogP contribution is 2.04. The van der Waals surface area contributed by atoms with Crippen LogP contribution in [-0.4, -0.2) is 30.7 Å². The fourth-order valence-electron chi connectivity index (χ4n) is 1.21. The van der Waals surface area contributed by atoms with Crippen molar-refractivity contribution >= 4 is 5.78 Å². The second-order valence-electron chi connectivity index (χ2n) is 2.85. The van der Waals surface area contributed by atoms with Gasteiger partial charge >= 0.3 is 0 Å². The van der Waals surface area contributed by atoms with Crippen LogP contribution in [0.2, 0.25) is 0 Å². The molecule has 0 N–H and O–H groups in total. The Bertz CT molecular complexity index is 464. The van der Waals surface area contributed by atoms with E-state index in [1.165, 1.54) is 29.5 Å². The first-order chi connectivity index (χ1) is 7.33. The van der Waals surface area contributed by atoms with E-state index < -0.39 is 0 Å². The summed E-state index contributed by atoms with van der Waals surface area (Å²) in [5.74, 6) is -0.213. The zero-order valence-electron chi connectivity index (χ0n) is 8.16. The van der Waals surface area contributed by atoms with E-state index in [1.807, 2.05) is 6.92 Å². The van der Waals surface area contributed by atoms with Crippen molar-refractivity contribution in [2.24, 2.45) is 0 Å². The molecule has 2 aromatic heterocycles. The normalized spacial score (nSPS) is 10.2.